The van der Waals surface area contributed by atoms with E-state index in [1.807, 2.05) is 36.4 Å². The second kappa shape index (κ2) is 15.2. The Bertz CT molecular complexity index is 1550. The molecule has 0 saturated heterocycles. The molecule has 4 amide bonds. The van der Waals surface area contributed by atoms with Gasteiger partial charge in [0.15, 0.2) is 0 Å². The number of guanidine groups is 2. The molecule has 14 heteroatoms. The number of benzene rings is 2. The van der Waals surface area contributed by atoms with Crippen LogP contribution >= 0.6 is 0 Å². The zero-order valence-electron chi connectivity index (χ0n) is 31.0. The summed E-state index contributed by atoms with van der Waals surface area (Å²) in [5.74, 6) is -0.298. The van der Waals surface area contributed by atoms with Crippen molar-refractivity contribution in [2.75, 3.05) is 10.6 Å². The average molecular weight is 695 g/mol. The number of nitrogens with zero attached hydrogens (tertiary/aromatic N) is 2. The van der Waals surface area contributed by atoms with Crippen LogP contribution < -0.4 is 21.3 Å². The van der Waals surface area contributed by atoms with Crippen LogP contribution in [0.15, 0.2) is 46.4 Å². The number of alkyl carbamates (subject to hydrolysis) is 2. The van der Waals surface area contributed by atoms with Gasteiger partial charge in [0.2, 0.25) is 11.9 Å². The second-order valence-electron chi connectivity index (χ2n) is 15.7. The summed E-state index contributed by atoms with van der Waals surface area (Å²) in [6.07, 6.45) is -2.16. The highest BCUT2D eigenvalue weighted by molar-refractivity contribution is 6.07. The molecule has 0 unspecified atom stereocenters. The van der Waals surface area contributed by atoms with Crippen molar-refractivity contribution in [3.63, 3.8) is 0 Å². The summed E-state index contributed by atoms with van der Waals surface area (Å²) < 4.78 is 21.3. The first kappa shape index (κ1) is 39.3. The number of fused-ring (bicyclic) bond motifs is 2. The minimum Gasteiger partial charge on any atom is -0.444 e. The van der Waals surface area contributed by atoms with E-state index in [1.165, 1.54) is 0 Å². The fraction of sp³-hybridized carbons (Fsp3) is 0.500. The van der Waals surface area contributed by atoms with Crippen molar-refractivity contribution in [1.82, 2.24) is 10.6 Å². The highest BCUT2D eigenvalue weighted by atomic mass is 16.6. The van der Waals surface area contributed by atoms with E-state index in [0.29, 0.717) is 24.2 Å². The minimum absolute atomic E-state index is 0.149. The number of rotatable bonds is 2. The molecule has 2 aromatic rings. The fourth-order valence-electron chi connectivity index (χ4n) is 4.49. The Morgan fingerprint density at radius 1 is 0.500 bits per heavy atom. The van der Waals surface area contributed by atoms with Crippen LogP contribution in [0.5, 0.6) is 0 Å². The third-order valence-electron chi connectivity index (χ3n) is 6.13. The molecule has 0 fully saturated rings. The van der Waals surface area contributed by atoms with Gasteiger partial charge in [0.25, 0.3) is 0 Å². The molecule has 0 heterocycles. The standard InChI is InChI=1S/C36H50N6O8/c1-33(2,3)47-29(43)39-27(40-30(44)48-34(4,5)6)37-25-15-13-21-18-24-20-26(16-14-22(24)17-23(21)19-25)38-28(41-31(45)49-35(7,8)9)42-32(46)50-36(10,11)12/h13-16,19-20H,17-18H2,1-12H3,(H2,37,39,40,43,44)(H2,38,41,42,45,46). The van der Waals surface area contributed by atoms with E-state index in [1.54, 1.807) is 83.1 Å². The lowest BCUT2D eigenvalue weighted by molar-refractivity contribution is 0.0545. The van der Waals surface area contributed by atoms with E-state index >= 15 is 0 Å². The molecule has 0 spiro atoms. The Morgan fingerprint density at radius 3 is 1.12 bits per heavy atom. The van der Waals surface area contributed by atoms with Gasteiger partial charge >= 0.3 is 24.4 Å². The predicted octanol–water partition coefficient (Wildman–Crippen LogP) is 7.64. The number of hydrogen-bond acceptors (Lipinski definition) is 8. The van der Waals surface area contributed by atoms with Crippen molar-refractivity contribution in [1.29, 1.82) is 0 Å². The minimum atomic E-state index is -0.882. The molecule has 0 atom stereocenters. The van der Waals surface area contributed by atoms with E-state index < -0.39 is 46.8 Å². The van der Waals surface area contributed by atoms with Gasteiger partial charge < -0.3 is 29.6 Å². The number of nitrogens with one attached hydrogen (secondary N) is 4. The molecule has 0 saturated carbocycles. The summed E-state index contributed by atoms with van der Waals surface area (Å²) in [5.41, 5.74) is 2.22. The van der Waals surface area contributed by atoms with Crippen LogP contribution in [-0.4, -0.2) is 58.7 Å². The lowest BCUT2D eigenvalue weighted by Gasteiger charge is -2.23. The van der Waals surface area contributed by atoms with Crippen molar-refractivity contribution in [3.05, 3.63) is 58.7 Å². The quantitative estimate of drug-likeness (QED) is 0.118. The highest BCUT2D eigenvalue weighted by Crippen LogP contribution is 2.31. The van der Waals surface area contributed by atoms with Gasteiger partial charge in [-0.3, -0.25) is 10.6 Å². The Labute approximate surface area is 293 Å². The van der Waals surface area contributed by atoms with E-state index in [-0.39, 0.29) is 11.9 Å². The summed E-state index contributed by atoms with van der Waals surface area (Å²) >= 11 is 0. The van der Waals surface area contributed by atoms with Crippen LogP contribution in [0.4, 0.5) is 30.6 Å². The molecule has 2 aromatic carbocycles. The third kappa shape index (κ3) is 14.1. The summed E-state index contributed by atoms with van der Waals surface area (Å²) in [5, 5.41) is 11.0. The molecule has 0 radical (unpaired) electrons. The van der Waals surface area contributed by atoms with Crippen LogP contribution in [0.2, 0.25) is 0 Å². The summed E-state index contributed by atoms with van der Waals surface area (Å²) in [6, 6.07) is 11.3. The van der Waals surface area contributed by atoms with Crippen LogP contribution in [0.3, 0.4) is 0 Å². The van der Waals surface area contributed by atoms with Crippen LogP contribution in [0.25, 0.3) is 0 Å². The van der Waals surface area contributed by atoms with Gasteiger partial charge in [-0.25, -0.2) is 19.2 Å². The van der Waals surface area contributed by atoms with Gasteiger partial charge in [0.1, 0.15) is 22.4 Å². The maximum Gasteiger partial charge on any atom is 0.437 e. The van der Waals surface area contributed by atoms with E-state index in [0.717, 1.165) is 22.3 Å². The molecule has 50 heavy (non-hydrogen) atoms. The van der Waals surface area contributed by atoms with E-state index in [2.05, 4.69) is 31.3 Å². The lowest BCUT2D eigenvalue weighted by atomic mass is 9.85. The zero-order valence-corrected chi connectivity index (χ0v) is 31.0. The van der Waals surface area contributed by atoms with Crippen molar-refractivity contribution in [2.45, 2.75) is 118 Å². The summed E-state index contributed by atoms with van der Waals surface area (Å²) in [4.78, 5) is 57.9. The van der Waals surface area contributed by atoms with E-state index in [9.17, 15) is 19.2 Å². The molecule has 3 rings (SSSR count). The Morgan fingerprint density at radius 2 is 0.820 bits per heavy atom. The SMILES string of the molecule is CC(C)(C)OC(=O)N=C(NC(=O)OC(C)(C)C)Nc1ccc2c(c1)Cc1ccc(N/C(=N/C(=O)OC(C)(C)C)NC(=O)OC(C)(C)C)cc1C2. The van der Waals surface area contributed by atoms with Crippen LogP contribution in [-0.2, 0) is 31.8 Å². The van der Waals surface area contributed by atoms with Crippen molar-refractivity contribution in [2.24, 2.45) is 9.98 Å². The topological polar surface area (TPSA) is 178 Å². The van der Waals surface area contributed by atoms with Gasteiger partial charge in [-0.05, 0) is 142 Å². The number of hydrogen-bond donors (Lipinski definition) is 4. The largest absolute Gasteiger partial charge is 0.444 e. The number of carbonyl (C=O) groups excluding carboxylic acids is 4. The second-order valence-corrected chi connectivity index (χ2v) is 15.7. The molecule has 0 bridgehead atoms. The zero-order chi connectivity index (χ0) is 37.7. The average Bonchev–Trinajstić information content (AvgIpc) is 2.87. The first-order chi connectivity index (χ1) is 22.8. The number of aliphatic imine (C=N–C) groups is 2. The molecule has 272 valence electrons. The highest BCUT2D eigenvalue weighted by Gasteiger charge is 2.23. The molecule has 0 aliphatic heterocycles. The number of amides is 4. The van der Waals surface area contributed by atoms with Crippen LogP contribution in [0.1, 0.15) is 105 Å². The van der Waals surface area contributed by atoms with Crippen LogP contribution in [0, 0.1) is 0 Å². The normalized spacial score (nSPS) is 13.6. The maximum absolute atomic E-state index is 12.5. The Kier molecular flexibility index (Phi) is 11.9. The Hall–Kier alpha value is -5.14. The smallest absolute Gasteiger partial charge is 0.437 e. The Balaban J connectivity index is 1.82. The lowest BCUT2D eigenvalue weighted by Crippen LogP contribution is -2.40. The van der Waals surface area contributed by atoms with Gasteiger partial charge in [-0.1, -0.05) is 12.1 Å². The predicted molar refractivity (Wildman–Crippen MR) is 192 cm³/mol. The first-order valence-electron chi connectivity index (χ1n) is 16.2. The molecule has 4 N–H and O–H groups in total. The fourth-order valence-corrected chi connectivity index (χ4v) is 4.49. The number of anilines is 2. The van der Waals surface area contributed by atoms with Gasteiger partial charge in [-0.2, -0.15) is 0 Å². The molecular weight excluding hydrogens is 644 g/mol. The van der Waals surface area contributed by atoms with Crippen molar-refractivity contribution in [3.8, 4) is 0 Å². The number of carbonyl (C=O) groups is 4. The number of ether oxygens (including phenoxy) is 4. The molecule has 1 aliphatic carbocycles. The van der Waals surface area contributed by atoms with Gasteiger partial charge in [-0.15, -0.1) is 9.98 Å². The summed E-state index contributed by atoms with van der Waals surface area (Å²) in [6.45, 7) is 20.6. The summed E-state index contributed by atoms with van der Waals surface area (Å²) in [7, 11) is 0. The van der Waals surface area contributed by atoms with Gasteiger partial charge in [0, 0.05) is 11.4 Å². The molecule has 14 nitrogen and oxygen atoms in total. The van der Waals surface area contributed by atoms with E-state index in [4.69, 9.17) is 18.9 Å². The molecule has 1 aliphatic rings. The van der Waals surface area contributed by atoms with Gasteiger partial charge in [0.05, 0.1) is 0 Å². The van der Waals surface area contributed by atoms with Crippen molar-refractivity contribution >= 4 is 47.7 Å². The first-order valence-corrected chi connectivity index (χ1v) is 16.2. The monoisotopic (exact) mass is 694 g/mol. The molecule has 0 aromatic heterocycles. The molecular formula is C36H50N6O8. The maximum atomic E-state index is 12.5. The van der Waals surface area contributed by atoms with Crippen molar-refractivity contribution < 1.29 is 38.1 Å². The third-order valence-corrected chi connectivity index (χ3v) is 6.13.